The van der Waals surface area contributed by atoms with Gasteiger partial charge in [0, 0.05) is 30.6 Å². The second-order valence-corrected chi connectivity index (χ2v) is 8.47. The van der Waals surface area contributed by atoms with Crippen LogP contribution >= 0.6 is 11.6 Å². The molecule has 0 aliphatic carbocycles. The minimum Gasteiger partial charge on any atom is -0.618 e. The third kappa shape index (κ3) is 4.66. The number of pyridine rings is 2. The van der Waals surface area contributed by atoms with Crippen LogP contribution in [0.1, 0.15) is 17.4 Å². The van der Waals surface area contributed by atoms with Gasteiger partial charge in [0.25, 0.3) is 0 Å². The van der Waals surface area contributed by atoms with Gasteiger partial charge in [-0.05, 0) is 46.3 Å². The van der Waals surface area contributed by atoms with Gasteiger partial charge >= 0.3 is 6.18 Å². The first-order valence-electron chi connectivity index (χ1n) is 10.9. The molecule has 0 aliphatic rings. The topological polar surface area (TPSA) is 127 Å². The minimum atomic E-state index is -4.60. The maximum atomic E-state index is 15.1. The fraction of sp³-hybridized carbons (Fsp3) is 0.130. The lowest BCUT2D eigenvalue weighted by molar-refractivity contribution is -0.615. The van der Waals surface area contributed by atoms with Gasteiger partial charge in [0.15, 0.2) is 12.0 Å². The van der Waals surface area contributed by atoms with E-state index in [0.717, 1.165) is 18.5 Å². The molecule has 1 unspecified atom stereocenters. The number of benzene rings is 1. The molecule has 2 N–H and O–H groups in total. The van der Waals surface area contributed by atoms with E-state index < -0.39 is 23.7 Å². The maximum absolute atomic E-state index is 15.1. The number of tetrazole rings is 1. The Labute approximate surface area is 216 Å². The van der Waals surface area contributed by atoms with Crippen molar-refractivity contribution in [1.29, 1.82) is 0 Å². The third-order valence-electron chi connectivity index (χ3n) is 5.77. The Bertz CT molecular complexity index is 1610. The average molecular weight is 546 g/mol. The molecule has 194 valence electrons. The van der Waals surface area contributed by atoms with Gasteiger partial charge in [0.2, 0.25) is 5.69 Å². The van der Waals surface area contributed by atoms with E-state index in [1.54, 1.807) is 0 Å². The summed E-state index contributed by atoms with van der Waals surface area (Å²) in [5.41, 5.74) is 6.14. The summed E-state index contributed by atoms with van der Waals surface area (Å²) in [6.45, 7) is -0.0613. The summed E-state index contributed by atoms with van der Waals surface area (Å²) in [5, 5.41) is 28.0. The molecule has 5 rings (SSSR count). The Hall–Kier alpha value is -4.43. The van der Waals surface area contributed by atoms with Crippen molar-refractivity contribution in [3.05, 3.63) is 94.9 Å². The summed E-state index contributed by atoms with van der Waals surface area (Å²) in [5.74, 6) is -0.768. The van der Waals surface area contributed by atoms with Crippen molar-refractivity contribution in [3.8, 4) is 27.9 Å². The molecule has 0 bridgehead atoms. The summed E-state index contributed by atoms with van der Waals surface area (Å²) < 4.78 is 57.4. The van der Waals surface area contributed by atoms with Gasteiger partial charge in [-0.25, -0.2) is 4.39 Å². The van der Waals surface area contributed by atoms with Gasteiger partial charge in [0.05, 0.1) is 28.0 Å². The van der Waals surface area contributed by atoms with Crippen molar-refractivity contribution in [1.82, 2.24) is 35.0 Å². The first-order valence-corrected chi connectivity index (χ1v) is 11.3. The van der Waals surface area contributed by atoms with Crippen LogP contribution in [0.4, 0.5) is 17.6 Å². The summed E-state index contributed by atoms with van der Waals surface area (Å²) in [6, 6.07) is 7.37. The van der Waals surface area contributed by atoms with E-state index in [9.17, 15) is 18.4 Å². The van der Waals surface area contributed by atoms with Crippen LogP contribution in [0.2, 0.25) is 5.02 Å². The molecule has 0 fully saturated rings. The standard InChI is InChI=1S/C23H16ClF4N9O/c24-16-2-4-18(36-12-31-33-34-36)21(22(16)25)14-1-3-17(37(38)11-14)19(8-29)35-10-15(9-32-35)13-5-6-30-20(7-13)23(26,27)28/h1-7,9-12,19H,8,29H2. The SMILES string of the molecule is NCC(c1ccc(-c2c(-n3cnnn3)ccc(Cl)c2F)c[n+]1[O-])n1cc(-c2ccnc(C(F)(F)F)c2)cn1. The van der Waals surface area contributed by atoms with Crippen molar-refractivity contribution >= 4 is 11.6 Å². The zero-order valence-electron chi connectivity index (χ0n) is 19.1. The van der Waals surface area contributed by atoms with Gasteiger partial charge in [-0.3, -0.25) is 9.67 Å². The maximum Gasteiger partial charge on any atom is 0.433 e. The Morgan fingerprint density at radius 1 is 1.11 bits per heavy atom. The third-order valence-corrected chi connectivity index (χ3v) is 6.06. The van der Waals surface area contributed by atoms with E-state index in [1.807, 2.05) is 0 Å². The zero-order valence-corrected chi connectivity index (χ0v) is 19.8. The van der Waals surface area contributed by atoms with Crippen LogP contribution in [0.5, 0.6) is 0 Å². The molecular formula is C23H16ClF4N9O. The van der Waals surface area contributed by atoms with E-state index in [2.05, 4.69) is 25.6 Å². The lowest BCUT2D eigenvalue weighted by atomic mass is 10.0. The number of aromatic nitrogens is 8. The second-order valence-electron chi connectivity index (χ2n) is 8.07. The monoisotopic (exact) mass is 545 g/mol. The molecule has 0 saturated carbocycles. The zero-order chi connectivity index (χ0) is 27.0. The fourth-order valence-corrected chi connectivity index (χ4v) is 4.12. The second kappa shape index (κ2) is 9.79. The lowest BCUT2D eigenvalue weighted by Gasteiger charge is -2.17. The molecule has 0 aliphatic heterocycles. The summed E-state index contributed by atoms with van der Waals surface area (Å²) in [7, 11) is 0. The van der Waals surface area contributed by atoms with Crippen LogP contribution < -0.4 is 10.5 Å². The van der Waals surface area contributed by atoms with Crippen molar-refractivity contribution in [2.75, 3.05) is 6.54 Å². The van der Waals surface area contributed by atoms with Crippen molar-refractivity contribution in [3.63, 3.8) is 0 Å². The number of alkyl halides is 3. The van der Waals surface area contributed by atoms with E-state index >= 15 is 4.39 Å². The molecule has 0 amide bonds. The van der Waals surface area contributed by atoms with Crippen molar-refractivity contribution < 1.29 is 22.3 Å². The Kier molecular flexibility index (Phi) is 6.50. The van der Waals surface area contributed by atoms with Crippen LogP contribution in [0.15, 0.2) is 67.5 Å². The summed E-state index contributed by atoms with van der Waals surface area (Å²) in [6.07, 6.45) is 1.72. The normalized spacial score (nSPS) is 12.6. The Balaban J connectivity index is 1.51. The summed E-state index contributed by atoms with van der Waals surface area (Å²) >= 11 is 5.99. The predicted molar refractivity (Wildman–Crippen MR) is 126 cm³/mol. The number of hydrogen-bond acceptors (Lipinski definition) is 7. The van der Waals surface area contributed by atoms with Crippen molar-refractivity contribution in [2.24, 2.45) is 5.73 Å². The largest absolute Gasteiger partial charge is 0.618 e. The van der Waals surface area contributed by atoms with Crippen LogP contribution in [0, 0.1) is 11.0 Å². The average Bonchev–Trinajstić information content (AvgIpc) is 3.60. The molecule has 0 radical (unpaired) electrons. The highest BCUT2D eigenvalue weighted by Gasteiger charge is 2.32. The molecule has 15 heteroatoms. The molecule has 4 heterocycles. The van der Waals surface area contributed by atoms with Crippen LogP contribution in [0.25, 0.3) is 27.9 Å². The highest BCUT2D eigenvalue weighted by molar-refractivity contribution is 6.31. The Morgan fingerprint density at radius 2 is 1.92 bits per heavy atom. The first-order chi connectivity index (χ1) is 18.2. The molecule has 0 spiro atoms. The number of rotatable bonds is 6. The molecule has 0 saturated heterocycles. The molecular weight excluding hydrogens is 530 g/mol. The molecule has 1 atom stereocenters. The Morgan fingerprint density at radius 3 is 2.61 bits per heavy atom. The first kappa shape index (κ1) is 25.2. The van der Waals surface area contributed by atoms with Crippen LogP contribution in [-0.2, 0) is 6.18 Å². The quantitative estimate of drug-likeness (QED) is 0.196. The lowest BCUT2D eigenvalue weighted by Crippen LogP contribution is -2.38. The van der Waals surface area contributed by atoms with E-state index in [4.69, 9.17) is 17.3 Å². The number of nitrogens with two attached hydrogens (primary N) is 1. The van der Waals surface area contributed by atoms with Gasteiger partial charge < -0.3 is 10.9 Å². The van der Waals surface area contributed by atoms with Gasteiger partial charge in [-0.1, -0.05) is 11.6 Å². The van der Waals surface area contributed by atoms with Gasteiger partial charge in [-0.2, -0.15) is 27.7 Å². The smallest absolute Gasteiger partial charge is 0.433 e. The molecule has 38 heavy (non-hydrogen) atoms. The number of nitrogens with zero attached hydrogens (tertiary/aromatic N) is 8. The fourth-order valence-electron chi connectivity index (χ4n) is 3.96. The number of hydrogen-bond donors (Lipinski definition) is 1. The van der Waals surface area contributed by atoms with Crippen molar-refractivity contribution in [2.45, 2.75) is 12.2 Å². The number of halogens is 5. The van der Waals surface area contributed by atoms with E-state index in [0.29, 0.717) is 10.3 Å². The van der Waals surface area contributed by atoms with Crippen LogP contribution in [0.3, 0.4) is 0 Å². The van der Waals surface area contributed by atoms with E-state index in [1.165, 1.54) is 58.4 Å². The highest BCUT2D eigenvalue weighted by atomic mass is 35.5. The molecule has 4 aromatic heterocycles. The van der Waals surface area contributed by atoms with Gasteiger partial charge in [-0.15, -0.1) is 5.10 Å². The molecule has 5 aromatic rings. The van der Waals surface area contributed by atoms with Gasteiger partial charge in [0.1, 0.15) is 18.1 Å². The van der Waals surface area contributed by atoms with Crippen LogP contribution in [-0.4, -0.2) is 41.5 Å². The highest BCUT2D eigenvalue weighted by Crippen LogP contribution is 2.34. The molecule has 1 aromatic carbocycles. The molecule has 10 nitrogen and oxygen atoms in total. The summed E-state index contributed by atoms with van der Waals surface area (Å²) in [4.78, 5) is 3.36. The van der Waals surface area contributed by atoms with E-state index in [-0.39, 0.29) is 39.6 Å². The predicted octanol–water partition coefficient (Wildman–Crippen LogP) is 3.58. The minimum absolute atomic E-state index is 0.00443.